The van der Waals surface area contributed by atoms with Gasteiger partial charge in [-0.1, -0.05) is 18.2 Å². The summed E-state index contributed by atoms with van der Waals surface area (Å²) < 4.78 is 1.22. The molecule has 0 unspecified atom stereocenters. The van der Waals surface area contributed by atoms with Crippen molar-refractivity contribution in [2.45, 2.75) is 6.54 Å². The molecule has 1 aromatic carbocycles. The second kappa shape index (κ2) is 6.93. The summed E-state index contributed by atoms with van der Waals surface area (Å²) in [6.07, 6.45) is 2.66. The van der Waals surface area contributed by atoms with Gasteiger partial charge in [0.1, 0.15) is 6.54 Å². The summed E-state index contributed by atoms with van der Waals surface area (Å²) in [6, 6.07) is 10.6. The van der Waals surface area contributed by atoms with Crippen LogP contribution in [0.5, 0.6) is 0 Å². The maximum Gasteiger partial charge on any atom is 0.278 e. The van der Waals surface area contributed by atoms with Crippen LogP contribution in [0.1, 0.15) is 5.56 Å². The zero-order valence-electron chi connectivity index (χ0n) is 11.4. The number of para-hydroxylation sites is 1. The maximum atomic E-state index is 11.7. The number of benzene rings is 1. The van der Waals surface area contributed by atoms with Gasteiger partial charge < -0.3 is 4.57 Å². The highest BCUT2D eigenvalue weighted by atomic mass is 16.6. The number of nitro groups is 1. The van der Waals surface area contributed by atoms with E-state index in [1.807, 2.05) is 0 Å². The predicted molar refractivity (Wildman–Crippen MR) is 79.5 cm³/mol. The van der Waals surface area contributed by atoms with Gasteiger partial charge in [-0.25, -0.2) is 5.43 Å². The third-order valence-electron chi connectivity index (χ3n) is 2.74. The molecule has 2 rings (SSSR count). The Morgan fingerprint density at radius 2 is 2.00 bits per heavy atom. The van der Waals surface area contributed by atoms with E-state index in [1.54, 1.807) is 18.2 Å². The van der Waals surface area contributed by atoms with Crippen LogP contribution in [0.4, 0.5) is 5.69 Å². The fourth-order valence-corrected chi connectivity index (χ4v) is 1.72. The lowest BCUT2D eigenvalue weighted by atomic mass is 10.2. The van der Waals surface area contributed by atoms with Gasteiger partial charge in [0.25, 0.3) is 17.2 Å². The summed E-state index contributed by atoms with van der Waals surface area (Å²) in [5.41, 5.74) is 2.07. The van der Waals surface area contributed by atoms with Gasteiger partial charge >= 0.3 is 0 Å². The van der Waals surface area contributed by atoms with Crippen molar-refractivity contribution in [2.24, 2.45) is 5.10 Å². The van der Waals surface area contributed by atoms with Crippen LogP contribution in [0, 0.1) is 10.1 Å². The Morgan fingerprint density at radius 1 is 1.27 bits per heavy atom. The van der Waals surface area contributed by atoms with Crippen LogP contribution in [0.25, 0.3) is 0 Å². The van der Waals surface area contributed by atoms with Crippen molar-refractivity contribution in [3.8, 4) is 0 Å². The number of nitrogens with zero attached hydrogens (tertiary/aromatic N) is 3. The number of hydrazone groups is 1. The Hall–Kier alpha value is -3.29. The molecule has 0 aliphatic carbocycles. The third-order valence-corrected chi connectivity index (χ3v) is 2.74. The summed E-state index contributed by atoms with van der Waals surface area (Å²) in [4.78, 5) is 33.4. The van der Waals surface area contributed by atoms with Crippen LogP contribution in [0.2, 0.25) is 0 Å². The molecule has 0 radical (unpaired) electrons. The summed E-state index contributed by atoms with van der Waals surface area (Å²) in [6.45, 7) is -0.187. The molecule has 0 bridgehead atoms. The first-order valence-electron chi connectivity index (χ1n) is 6.29. The summed E-state index contributed by atoms with van der Waals surface area (Å²) in [5.74, 6) is -0.511. The standard InChI is InChI=1S/C14H12N4O4/c19-13(10-17-8-4-3-7-14(17)20)16-15-9-11-5-1-2-6-12(11)18(21)22/h1-9H,10H2,(H,16,19)/b15-9-. The molecule has 2 aromatic rings. The van der Waals surface area contributed by atoms with Gasteiger partial charge in [-0.2, -0.15) is 5.10 Å². The third kappa shape index (κ3) is 3.85. The average Bonchev–Trinajstić information content (AvgIpc) is 2.50. The largest absolute Gasteiger partial charge is 0.306 e. The van der Waals surface area contributed by atoms with Crippen molar-refractivity contribution < 1.29 is 9.72 Å². The number of carbonyl (C=O) groups excluding carboxylic acids is 1. The Morgan fingerprint density at radius 3 is 2.73 bits per heavy atom. The smallest absolute Gasteiger partial charge is 0.278 e. The molecular weight excluding hydrogens is 288 g/mol. The van der Waals surface area contributed by atoms with Crippen LogP contribution in [-0.2, 0) is 11.3 Å². The number of aromatic nitrogens is 1. The van der Waals surface area contributed by atoms with Gasteiger partial charge in [-0.3, -0.25) is 19.7 Å². The molecule has 0 saturated heterocycles. The van der Waals surface area contributed by atoms with Crippen molar-refractivity contribution >= 4 is 17.8 Å². The van der Waals surface area contributed by atoms with E-state index < -0.39 is 10.8 Å². The van der Waals surface area contributed by atoms with E-state index in [0.29, 0.717) is 0 Å². The fourth-order valence-electron chi connectivity index (χ4n) is 1.72. The maximum absolute atomic E-state index is 11.7. The molecule has 0 spiro atoms. The number of rotatable bonds is 5. The van der Waals surface area contributed by atoms with Gasteiger partial charge in [0.15, 0.2) is 0 Å². The second-order valence-electron chi connectivity index (χ2n) is 4.28. The lowest BCUT2D eigenvalue weighted by Gasteiger charge is -2.03. The first kappa shape index (κ1) is 15.1. The second-order valence-corrected chi connectivity index (χ2v) is 4.28. The quantitative estimate of drug-likeness (QED) is 0.503. The summed E-state index contributed by atoms with van der Waals surface area (Å²) in [5, 5.41) is 14.5. The highest BCUT2D eigenvalue weighted by molar-refractivity contribution is 5.86. The van der Waals surface area contributed by atoms with Gasteiger partial charge in [0, 0.05) is 18.3 Å². The topological polar surface area (TPSA) is 107 Å². The highest BCUT2D eigenvalue weighted by Crippen LogP contribution is 2.14. The van der Waals surface area contributed by atoms with Crippen molar-refractivity contribution in [3.05, 3.63) is 74.7 Å². The van der Waals surface area contributed by atoms with E-state index >= 15 is 0 Å². The van der Waals surface area contributed by atoms with Crippen molar-refractivity contribution in [3.63, 3.8) is 0 Å². The molecule has 0 fully saturated rings. The monoisotopic (exact) mass is 300 g/mol. The number of amides is 1. The van der Waals surface area contributed by atoms with Crippen LogP contribution >= 0.6 is 0 Å². The number of nitrogens with one attached hydrogen (secondary N) is 1. The minimum absolute atomic E-state index is 0.111. The van der Waals surface area contributed by atoms with Gasteiger partial charge in [-0.15, -0.1) is 0 Å². The Labute approximate surface area is 124 Å². The Bertz CT molecular complexity index is 782. The molecule has 0 saturated carbocycles. The number of hydrogen-bond acceptors (Lipinski definition) is 5. The molecule has 0 aliphatic rings. The molecule has 1 heterocycles. The van der Waals surface area contributed by atoms with Crippen LogP contribution in [-0.4, -0.2) is 21.6 Å². The van der Waals surface area contributed by atoms with Crippen LogP contribution in [0.3, 0.4) is 0 Å². The van der Waals surface area contributed by atoms with E-state index in [-0.39, 0.29) is 23.4 Å². The van der Waals surface area contributed by atoms with Gasteiger partial charge in [0.2, 0.25) is 0 Å². The van der Waals surface area contributed by atoms with E-state index in [1.165, 1.54) is 41.2 Å². The molecule has 1 amide bonds. The molecule has 1 aromatic heterocycles. The number of carbonyl (C=O) groups is 1. The normalized spacial score (nSPS) is 10.5. The molecule has 22 heavy (non-hydrogen) atoms. The zero-order valence-corrected chi connectivity index (χ0v) is 11.4. The first-order valence-corrected chi connectivity index (χ1v) is 6.29. The minimum atomic E-state index is -0.535. The van der Waals surface area contributed by atoms with E-state index in [0.717, 1.165) is 0 Å². The van der Waals surface area contributed by atoms with Gasteiger partial charge in [0.05, 0.1) is 16.7 Å². The predicted octanol–water partition coefficient (Wildman–Crippen LogP) is 0.907. The van der Waals surface area contributed by atoms with Crippen molar-refractivity contribution in [2.75, 3.05) is 0 Å². The van der Waals surface area contributed by atoms with Gasteiger partial charge in [-0.05, 0) is 12.1 Å². The molecule has 0 atom stereocenters. The number of pyridine rings is 1. The lowest BCUT2D eigenvalue weighted by Crippen LogP contribution is -2.29. The minimum Gasteiger partial charge on any atom is -0.306 e. The number of nitro benzene ring substituents is 1. The van der Waals surface area contributed by atoms with Crippen LogP contribution in [0.15, 0.2) is 58.6 Å². The molecule has 112 valence electrons. The lowest BCUT2D eigenvalue weighted by molar-refractivity contribution is -0.385. The van der Waals surface area contributed by atoms with E-state index in [2.05, 4.69) is 10.5 Å². The van der Waals surface area contributed by atoms with E-state index in [4.69, 9.17) is 0 Å². The molecule has 8 nitrogen and oxygen atoms in total. The summed E-state index contributed by atoms with van der Waals surface area (Å²) in [7, 11) is 0. The summed E-state index contributed by atoms with van der Waals surface area (Å²) >= 11 is 0. The Kier molecular flexibility index (Phi) is 4.76. The zero-order chi connectivity index (χ0) is 15.9. The highest BCUT2D eigenvalue weighted by Gasteiger charge is 2.10. The van der Waals surface area contributed by atoms with Crippen molar-refractivity contribution in [1.29, 1.82) is 0 Å². The number of hydrogen-bond donors (Lipinski definition) is 1. The molecule has 8 heteroatoms. The SMILES string of the molecule is O=C(Cn1ccccc1=O)N/N=C\c1ccccc1[N+](=O)[O-]. The molecular formula is C14H12N4O4. The Balaban J connectivity index is 2.01. The van der Waals surface area contributed by atoms with E-state index in [9.17, 15) is 19.7 Å². The fraction of sp³-hybridized carbons (Fsp3) is 0.0714. The first-order chi connectivity index (χ1) is 10.6. The molecule has 0 aliphatic heterocycles. The molecule has 1 N–H and O–H groups in total. The average molecular weight is 300 g/mol. The van der Waals surface area contributed by atoms with Crippen LogP contribution < -0.4 is 11.0 Å². The van der Waals surface area contributed by atoms with Crippen molar-refractivity contribution in [1.82, 2.24) is 9.99 Å².